The lowest BCUT2D eigenvalue weighted by Gasteiger charge is -2.14. The van der Waals surface area contributed by atoms with Gasteiger partial charge in [-0.1, -0.05) is 30.3 Å². The molecule has 0 saturated carbocycles. The topological polar surface area (TPSA) is 184 Å². The molecule has 0 aromatic heterocycles. The maximum atomic E-state index is 12.6. The van der Waals surface area contributed by atoms with E-state index < -0.39 is 21.9 Å². The van der Waals surface area contributed by atoms with Gasteiger partial charge in [0.25, 0.3) is 5.91 Å². The van der Waals surface area contributed by atoms with Crippen molar-refractivity contribution in [2.45, 2.75) is 4.90 Å². The Morgan fingerprint density at radius 2 is 1.61 bits per heavy atom. The molecule has 0 fully saturated rings. The number of sulfonamides is 1. The Labute approximate surface area is 207 Å². The van der Waals surface area contributed by atoms with Gasteiger partial charge in [0.2, 0.25) is 10.0 Å². The zero-order valence-corrected chi connectivity index (χ0v) is 20.0. The van der Waals surface area contributed by atoms with E-state index in [-0.39, 0.29) is 35.6 Å². The summed E-state index contributed by atoms with van der Waals surface area (Å²) in [6, 6.07) is 17.0. The van der Waals surface area contributed by atoms with Gasteiger partial charge in [-0.15, -0.1) is 0 Å². The van der Waals surface area contributed by atoms with Crippen LogP contribution in [0.5, 0.6) is 11.5 Å². The van der Waals surface area contributed by atoms with Gasteiger partial charge in [-0.05, 0) is 42.0 Å². The van der Waals surface area contributed by atoms with Gasteiger partial charge in [0.15, 0.2) is 24.8 Å². The Balaban J connectivity index is 1.69. The lowest BCUT2D eigenvalue weighted by molar-refractivity contribution is -0.142. The summed E-state index contributed by atoms with van der Waals surface area (Å²) in [5.41, 5.74) is 7.17. The number of primary sulfonamides is 1. The van der Waals surface area contributed by atoms with E-state index in [2.05, 4.69) is 10.1 Å². The summed E-state index contributed by atoms with van der Waals surface area (Å²) in [7, 11) is -2.70. The Hall–Kier alpha value is -4.42. The van der Waals surface area contributed by atoms with Crippen LogP contribution in [0.3, 0.4) is 0 Å². The van der Waals surface area contributed by atoms with Gasteiger partial charge in [0, 0.05) is 16.7 Å². The number of nitrogen functional groups attached to an aromatic ring is 1. The van der Waals surface area contributed by atoms with Gasteiger partial charge < -0.3 is 25.3 Å². The fraction of sp³-hybridized carbons (Fsp3) is 0.125. The molecule has 6 N–H and O–H groups in total. The largest absolute Gasteiger partial charge is 0.478 e. The third-order valence-electron chi connectivity index (χ3n) is 4.94. The van der Waals surface area contributed by atoms with Crippen molar-refractivity contribution in [1.82, 2.24) is 5.32 Å². The molecule has 3 aromatic carbocycles. The first-order chi connectivity index (χ1) is 17.1. The van der Waals surface area contributed by atoms with E-state index >= 15 is 0 Å². The van der Waals surface area contributed by atoms with Gasteiger partial charge in [-0.2, -0.15) is 0 Å². The lowest BCUT2D eigenvalue weighted by atomic mass is 10.0. The van der Waals surface area contributed by atoms with Crippen LogP contribution in [0.4, 0.5) is 0 Å². The molecule has 0 saturated heterocycles. The lowest BCUT2D eigenvalue weighted by Crippen LogP contribution is -2.28. The molecule has 0 aliphatic carbocycles. The molecule has 188 valence electrons. The Kier molecular flexibility index (Phi) is 8.25. The van der Waals surface area contributed by atoms with E-state index in [9.17, 15) is 18.0 Å². The van der Waals surface area contributed by atoms with E-state index in [0.717, 1.165) is 0 Å². The first-order valence-corrected chi connectivity index (χ1v) is 12.0. The van der Waals surface area contributed by atoms with E-state index in [1.807, 2.05) is 0 Å². The van der Waals surface area contributed by atoms with Crippen LogP contribution in [0.25, 0.3) is 11.1 Å². The Morgan fingerprint density at radius 3 is 2.25 bits per heavy atom. The standard InChI is InChI=1S/C24H24N4O7S/c1-33-22(29)13-34-19-11-10-17(23(25)26)12-20(19)35-14-28-24(30)16-8-6-15(7-9-16)18-4-2-3-5-21(18)36(27,31)32/h2-12H,13-14H2,1H3,(H3,25,26)(H,28,30)(H2,27,31,32). The van der Waals surface area contributed by atoms with Crippen LogP contribution in [0, 0.1) is 5.41 Å². The average molecular weight is 513 g/mol. The van der Waals surface area contributed by atoms with Crippen molar-refractivity contribution < 1.29 is 32.2 Å². The van der Waals surface area contributed by atoms with E-state index in [0.29, 0.717) is 22.3 Å². The first-order valence-electron chi connectivity index (χ1n) is 10.4. The Bertz CT molecular complexity index is 1390. The van der Waals surface area contributed by atoms with Crippen molar-refractivity contribution in [2.75, 3.05) is 20.4 Å². The summed E-state index contributed by atoms with van der Waals surface area (Å²) >= 11 is 0. The van der Waals surface area contributed by atoms with E-state index in [1.54, 1.807) is 30.3 Å². The number of nitrogens with two attached hydrogens (primary N) is 2. The molecule has 0 aliphatic rings. The summed E-state index contributed by atoms with van der Waals surface area (Å²) in [5, 5.41) is 15.5. The third-order valence-corrected chi connectivity index (χ3v) is 5.91. The number of amidine groups is 1. The number of benzene rings is 3. The molecule has 0 bridgehead atoms. The fourth-order valence-corrected chi connectivity index (χ4v) is 3.90. The monoisotopic (exact) mass is 512 g/mol. The number of esters is 1. The predicted molar refractivity (Wildman–Crippen MR) is 131 cm³/mol. The van der Waals surface area contributed by atoms with E-state index in [4.69, 9.17) is 25.8 Å². The van der Waals surface area contributed by atoms with Crippen LogP contribution in [-0.4, -0.2) is 46.6 Å². The SMILES string of the molecule is COC(=O)COc1ccc(C(=N)N)cc1OCNC(=O)c1ccc(-c2ccccc2S(N)(=O)=O)cc1. The number of hydrogen-bond donors (Lipinski definition) is 4. The molecule has 11 nitrogen and oxygen atoms in total. The predicted octanol–water partition coefficient (Wildman–Crippen LogP) is 1.60. The number of carbonyl (C=O) groups is 2. The molecule has 12 heteroatoms. The summed E-state index contributed by atoms with van der Waals surface area (Å²) in [6.45, 7) is -0.621. The number of hydrogen-bond acceptors (Lipinski definition) is 8. The van der Waals surface area contributed by atoms with Crippen LogP contribution in [-0.2, 0) is 19.6 Å². The van der Waals surface area contributed by atoms with Crippen LogP contribution < -0.4 is 25.7 Å². The zero-order chi connectivity index (χ0) is 26.3. The highest BCUT2D eigenvalue weighted by Gasteiger charge is 2.15. The summed E-state index contributed by atoms with van der Waals surface area (Å²) in [5.74, 6) is -0.909. The van der Waals surface area contributed by atoms with Gasteiger partial charge in [0.1, 0.15) is 5.84 Å². The van der Waals surface area contributed by atoms with Crippen molar-refractivity contribution in [1.29, 1.82) is 5.41 Å². The second kappa shape index (κ2) is 11.3. The minimum atomic E-state index is -3.92. The number of carbonyl (C=O) groups excluding carboxylic acids is 2. The van der Waals surface area contributed by atoms with Crippen LogP contribution in [0.15, 0.2) is 71.6 Å². The number of ether oxygens (including phenoxy) is 3. The number of methoxy groups -OCH3 is 1. The van der Waals surface area contributed by atoms with Gasteiger partial charge in [-0.3, -0.25) is 10.2 Å². The van der Waals surface area contributed by atoms with Crippen LogP contribution in [0.1, 0.15) is 15.9 Å². The molecule has 0 heterocycles. The number of rotatable bonds is 10. The highest BCUT2D eigenvalue weighted by molar-refractivity contribution is 7.89. The minimum absolute atomic E-state index is 0.0198. The Morgan fingerprint density at radius 1 is 0.944 bits per heavy atom. The van der Waals surface area contributed by atoms with Crippen LogP contribution >= 0.6 is 0 Å². The zero-order valence-electron chi connectivity index (χ0n) is 19.2. The molecule has 36 heavy (non-hydrogen) atoms. The highest BCUT2D eigenvalue weighted by Crippen LogP contribution is 2.29. The molecular formula is C24H24N4O7S. The molecule has 0 aliphatic heterocycles. The fourth-order valence-electron chi connectivity index (χ4n) is 3.14. The van der Waals surface area contributed by atoms with Gasteiger partial charge in [-0.25, -0.2) is 18.4 Å². The highest BCUT2D eigenvalue weighted by atomic mass is 32.2. The van der Waals surface area contributed by atoms with Crippen molar-refractivity contribution >= 4 is 27.7 Å². The van der Waals surface area contributed by atoms with Gasteiger partial charge >= 0.3 is 5.97 Å². The van der Waals surface area contributed by atoms with Crippen molar-refractivity contribution in [2.24, 2.45) is 10.9 Å². The normalized spacial score (nSPS) is 10.8. The summed E-state index contributed by atoms with van der Waals surface area (Å²) < 4.78 is 39.2. The molecule has 0 spiro atoms. The molecule has 3 aromatic rings. The quantitative estimate of drug-likeness (QED) is 0.137. The van der Waals surface area contributed by atoms with Crippen molar-refractivity contribution in [3.63, 3.8) is 0 Å². The average Bonchev–Trinajstić information content (AvgIpc) is 2.87. The minimum Gasteiger partial charge on any atom is -0.478 e. The molecule has 0 radical (unpaired) electrons. The van der Waals surface area contributed by atoms with Crippen LogP contribution in [0.2, 0.25) is 0 Å². The van der Waals surface area contributed by atoms with Gasteiger partial charge in [0.05, 0.1) is 12.0 Å². The number of nitrogens with one attached hydrogen (secondary N) is 2. The number of amides is 1. The molecule has 3 rings (SSSR count). The van der Waals surface area contributed by atoms with Crippen molar-refractivity contribution in [3.8, 4) is 22.6 Å². The van der Waals surface area contributed by atoms with E-state index in [1.165, 1.54) is 43.5 Å². The smallest absolute Gasteiger partial charge is 0.343 e. The second-order valence-corrected chi connectivity index (χ2v) is 8.88. The maximum Gasteiger partial charge on any atom is 0.343 e. The summed E-state index contributed by atoms with van der Waals surface area (Å²) in [6.07, 6.45) is 0. The second-order valence-electron chi connectivity index (χ2n) is 7.35. The maximum absolute atomic E-state index is 12.6. The molecule has 0 unspecified atom stereocenters. The molecule has 1 amide bonds. The van der Waals surface area contributed by atoms with Crippen molar-refractivity contribution in [3.05, 3.63) is 77.9 Å². The first kappa shape index (κ1) is 26.2. The third kappa shape index (κ3) is 6.58. The molecular weight excluding hydrogens is 488 g/mol. The summed E-state index contributed by atoms with van der Waals surface area (Å²) in [4.78, 5) is 23.9. The molecule has 0 atom stereocenters.